The van der Waals surface area contributed by atoms with Gasteiger partial charge in [-0.25, -0.2) is 9.48 Å². The summed E-state index contributed by atoms with van der Waals surface area (Å²) in [5, 5.41) is 22.0. The van der Waals surface area contributed by atoms with Crippen LogP contribution >= 0.6 is 0 Å². The summed E-state index contributed by atoms with van der Waals surface area (Å²) in [4.78, 5) is 12.2. The van der Waals surface area contributed by atoms with E-state index in [1.54, 1.807) is 15.6 Å². The average molecular weight is 353 g/mol. The van der Waals surface area contributed by atoms with Crippen LogP contribution in [0.3, 0.4) is 0 Å². The Balaban J connectivity index is 1.76. The summed E-state index contributed by atoms with van der Waals surface area (Å²) in [7, 11) is 3.20. The zero-order chi connectivity index (χ0) is 18.3. The van der Waals surface area contributed by atoms with Crippen LogP contribution in [0.15, 0.2) is 36.7 Å². The van der Waals surface area contributed by atoms with Gasteiger partial charge in [0.25, 0.3) is 0 Å². The molecule has 0 saturated heterocycles. The molecule has 4 rings (SSSR count). The Kier molecular flexibility index (Phi) is 4.04. The predicted molar refractivity (Wildman–Crippen MR) is 91.9 cm³/mol. The van der Waals surface area contributed by atoms with Gasteiger partial charge in [0.1, 0.15) is 5.56 Å². The largest absolute Gasteiger partial charge is 0.465 e. The van der Waals surface area contributed by atoms with Crippen molar-refractivity contribution in [2.45, 2.75) is 24.9 Å². The summed E-state index contributed by atoms with van der Waals surface area (Å²) in [6.45, 7) is -0.0556. The molecule has 2 unspecified atom stereocenters. The van der Waals surface area contributed by atoms with E-state index >= 15 is 0 Å². The van der Waals surface area contributed by atoms with E-state index in [1.807, 2.05) is 37.5 Å². The van der Waals surface area contributed by atoms with Gasteiger partial charge in [0, 0.05) is 25.1 Å². The predicted octanol–water partition coefficient (Wildman–Crippen LogP) is 1.55. The van der Waals surface area contributed by atoms with Crippen molar-refractivity contribution < 1.29 is 14.6 Å². The van der Waals surface area contributed by atoms with Crippen molar-refractivity contribution in [3.63, 3.8) is 0 Å². The van der Waals surface area contributed by atoms with Crippen LogP contribution in [0.2, 0.25) is 0 Å². The van der Waals surface area contributed by atoms with E-state index in [0.717, 1.165) is 29.1 Å². The molecule has 2 atom stereocenters. The Morgan fingerprint density at radius 2 is 2.23 bits per heavy atom. The third-order valence-electron chi connectivity index (χ3n) is 4.69. The lowest BCUT2D eigenvalue weighted by molar-refractivity contribution is 0.0599. The zero-order valence-electron chi connectivity index (χ0n) is 14.5. The van der Waals surface area contributed by atoms with Crippen molar-refractivity contribution in [1.29, 1.82) is 0 Å². The van der Waals surface area contributed by atoms with Crippen molar-refractivity contribution >= 4 is 5.97 Å². The maximum absolute atomic E-state index is 12.2. The number of hydrogen-bond acceptors (Lipinski definition) is 6. The molecule has 2 heterocycles. The van der Waals surface area contributed by atoms with Crippen LogP contribution in [0, 0.1) is 0 Å². The molecule has 0 spiro atoms. The van der Waals surface area contributed by atoms with Gasteiger partial charge < -0.3 is 9.84 Å². The van der Waals surface area contributed by atoms with E-state index in [2.05, 4.69) is 15.4 Å². The smallest absolute Gasteiger partial charge is 0.341 e. The summed E-state index contributed by atoms with van der Waals surface area (Å²) in [5.74, 6) is -0.0981. The molecule has 1 aliphatic carbocycles. The number of esters is 1. The lowest BCUT2D eigenvalue weighted by Gasteiger charge is -2.10. The van der Waals surface area contributed by atoms with Gasteiger partial charge in [-0.1, -0.05) is 17.3 Å². The number of aliphatic hydroxyl groups is 1. The van der Waals surface area contributed by atoms with E-state index < -0.39 is 5.97 Å². The molecule has 134 valence electrons. The first-order chi connectivity index (χ1) is 12.6. The fraction of sp³-hybridized carbons (Fsp3) is 0.333. The minimum atomic E-state index is -0.408. The van der Waals surface area contributed by atoms with E-state index in [-0.39, 0.29) is 18.4 Å². The second-order valence-corrected chi connectivity index (χ2v) is 6.44. The maximum atomic E-state index is 12.2. The average Bonchev–Trinajstić information content (AvgIpc) is 3.12. The van der Waals surface area contributed by atoms with Crippen molar-refractivity contribution in [2.24, 2.45) is 7.05 Å². The van der Waals surface area contributed by atoms with Gasteiger partial charge in [0.05, 0.1) is 37.0 Å². The summed E-state index contributed by atoms with van der Waals surface area (Å²) in [6, 6.07) is 7.46. The Hall–Kier alpha value is -3.00. The third kappa shape index (κ3) is 2.78. The number of methoxy groups -OCH3 is 1. The molecule has 1 aliphatic rings. The van der Waals surface area contributed by atoms with Crippen molar-refractivity contribution in [2.75, 3.05) is 7.11 Å². The number of hydrogen-bond donors (Lipinski definition) is 1. The Labute approximate surface area is 150 Å². The van der Waals surface area contributed by atoms with E-state index in [9.17, 15) is 9.90 Å². The van der Waals surface area contributed by atoms with E-state index in [4.69, 9.17) is 4.74 Å². The summed E-state index contributed by atoms with van der Waals surface area (Å²) in [5.41, 5.74) is 3.75. The highest BCUT2D eigenvalue weighted by Crippen LogP contribution is 2.55. The summed E-state index contributed by atoms with van der Waals surface area (Å²) in [6.07, 6.45) is 4.31. The van der Waals surface area contributed by atoms with Crippen LogP contribution in [-0.4, -0.2) is 43.0 Å². The second kappa shape index (κ2) is 6.38. The Morgan fingerprint density at radius 1 is 1.38 bits per heavy atom. The number of rotatable bonds is 5. The fourth-order valence-electron chi connectivity index (χ4n) is 3.33. The first kappa shape index (κ1) is 16.5. The Bertz CT molecular complexity index is 961. The number of aryl methyl sites for hydroxylation is 1. The number of aliphatic hydroxyl groups excluding tert-OH is 1. The third-order valence-corrected chi connectivity index (χ3v) is 4.69. The minimum absolute atomic E-state index is 0.0556. The fourth-order valence-corrected chi connectivity index (χ4v) is 3.33. The highest BCUT2D eigenvalue weighted by molar-refractivity contribution is 5.91. The van der Waals surface area contributed by atoms with E-state index in [0.29, 0.717) is 5.56 Å². The molecule has 26 heavy (non-hydrogen) atoms. The van der Waals surface area contributed by atoms with Gasteiger partial charge in [-0.15, -0.1) is 5.10 Å². The molecule has 2 aromatic heterocycles. The van der Waals surface area contributed by atoms with Gasteiger partial charge in [-0.2, -0.15) is 5.10 Å². The molecule has 8 nitrogen and oxygen atoms in total. The van der Waals surface area contributed by atoms with Crippen LogP contribution < -0.4 is 0 Å². The molecular formula is C18H19N5O3. The van der Waals surface area contributed by atoms with Crippen molar-refractivity contribution in [3.05, 3.63) is 59.2 Å². The molecular weight excluding hydrogens is 334 g/mol. The molecule has 0 bridgehead atoms. The Morgan fingerprint density at radius 3 is 2.92 bits per heavy atom. The van der Waals surface area contributed by atoms with Crippen LogP contribution in [0.5, 0.6) is 0 Å². The first-order valence-corrected chi connectivity index (χ1v) is 8.35. The van der Waals surface area contributed by atoms with Gasteiger partial charge in [0.2, 0.25) is 0 Å². The van der Waals surface area contributed by atoms with Gasteiger partial charge in [-0.05, 0) is 24.1 Å². The topological polar surface area (TPSA) is 95.1 Å². The van der Waals surface area contributed by atoms with Crippen LogP contribution in [0.1, 0.15) is 45.6 Å². The SMILES string of the molecule is COC(=O)c1cnn(-c2cccc(CO)c2)c1C1CC1c1cn(C)nn1. The van der Waals surface area contributed by atoms with Gasteiger partial charge in [0.15, 0.2) is 0 Å². The summed E-state index contributed by atoms with van der Waals surface area (Å²) < 4.78 is 8.36. The van der Waals surface area contributed by atoms with Crippen LogP contribution in [-0.2, 0) is 18.4 Å². The highest BCUT2D eigenvalue weighted by atomic mass is 16.5. The number of benzene rings is 1. The maximum Gasteiger partial charge on any atom is 0.341 e. The number of carbonyl (C=O) groups excluding carboxylic acids is 1. The molecule has 0 amide bonds. The van der Waals surface area contributed by atoms with Gasteiger partial charge in [-0.3, -0.25) is 4.68 Å². The molecule has 0 aliphatic heterocycles. The highest BCUT2D eigenvalue weighted by Gasteiger charge is 2.46. The molecule has 1 saturated carbocycles. The monoisotopic (exact) mass is 353 g/mol. The second-order valence-electron chi connectivity index (χ2n) is 6.44. The van der Waals surface area contributed by atoms with Crippen LogP contribution in [0.25, 0.3) is 5.69 Å². The van der Waals surface area contributed by atoms with Crippen LogP contribution in [0.4, 0.5) is 0 Å². The molecule has 0 radical (unpaired) electrons. The van der Waals surface area contributed by atoms with Crippen molar-refractivity contribution in [3.8, 4) is 5.69 Å². The molecule has 1 N–H and O–H groups in total. The first-order valence-electron chi connectivity index (χ1n) is 8.35. The number of carbonyl (C=O) groups is 1. The molecule has 1 fully saturated rings. The summed E-state index contributed by atoms with van der Waals surface area (Å²) >= 11 is 0. The van der Waals surface area contributed by atoms with Crippen molar-refractivity contribution in [1.82, 2.24) is 24.8 Å². The normalized spacial score (nSPS) is 18.7. The lowest BCUT2D eigenvalue weighted by atomic mass is 10.1. The zero-order valence-corrected chi connectivity index (χ0v) is 14.5. The lowest BCUT2D eigenvalue weighted by Crippen LogP contribution is -2.08. The number of nitrogens with zero attached hydrogens (tertiary/aromatic N) is 5. The minimum Gasteiger partial charge on any atom is -0.465 e. The molecule has 3 aromatic rings. The number of aromatic nitrogens is 5. The van der Waals surface area contributed by atoms with E-state index in [1.165, 1.54) is 7.11 Å². The molecule has 8 heteroatoms. The number of ether oxygens (including phenoxy) is 1. The standard InChI is InChI=1S/C18H19N5O3/c1-22-9-16(20-21-22)13-7-14(13)17-15(18(25)26-2)8-19-23(17)12-5-3-4-11(6-12)10-24/h3-6,8-9,13-14,24H,7,10H2,1-2H3. The quantitative estimate of drug-likeness (QED) is 0.699. The molecule has 1 aromatic carbocycles. The van der Waals surface area contributed by atoms with Gasteiger partial charge >= 0.3 is 5.97 Å².